The molecule has 0 aliphatic carbocycles. The largest absolute Gasteiger partial charge is 0.480 e. The van der Waals surface area contributed by atoms with Crippen LogP contribution < -0.4 is 5.73 Å². The fraction of sp³-hybridized carbons (Fsp3) is 0.333. The van der Waals surface area contributed by atoms with Crippen molar-refractivity contribution in [2.75, 3.05) is 6.54 Å². The molecule has 0 fully saturated rings. The molecule has 16 heavy (non-hydrogen) atoms. The Morgan fingerprint density at radius 1 is 1.50 bits per heavy atom. The number of nitrogens with zero attached hydrogens (tertiary/aromatic N) is 1. The minimum atomic E-state index is -0.975. The van der Waals surface area contributed by atoms with Gasteiger partial charge in [-0.2, -0.15) is 0 Å². The molecule has 0 amide bonds. The molecule has 0 saturated heterocycles. The van der Waals surface area contributed by atoms with Gasteiger partial charge in [0.2, 0.25) is 0 Å². The molecule has 3 N–H and O–H groups in total. The number of hydrogen-bond acceptors (Lipinski definition) is 3. The summed E-state index contributed by atoms with van der Waals surface area (Å²) in [5.41, 5.74) is 7.37. The molecule has 4 heteroatoms. The van der Waals surface area contributed by atoms with Crippen LogP contribution in [0.3, 0.4) is 0 Å². The molecule has 0 spiro atoms. The second kappa shape index (κ2) is 6.02. The van der Waals surface area contributed by atoms with E-state index in [0.29, 0.717) is 6.42 Å². The zero-order chi connectivity index (χ0) is 12.0. The summed E-state index contributed by atoms with van der Waals surface area (Å²) in [7, 11) is 0. The third kappa shape index (κ3) is 3.82. The van der Waals surface area contributed by atoms with Crippen molar-refractivity contribution in [1.29, 1.82) is 0 Å². The van der Waals surface area contributed by atoms with Gasteiger partial charge in [-0.05, 0) is 24.5 Å². The van der Waals surface area contributed by atoms with Crippen LogP contribution >= 0.6 is 0 Å². The first kappa shape index (κ1) is 12.4. The minimum absolute atomic E-state index is 0.348. The third-order valence-electron chi connectivity index (χ3n) is 2.18. The maximum Gasteiger partial charge on any atom is 0.320 e. The van der Waals surface area contributed by atoms with E-state index in [9.17, 15) is 4.79 Å². The second-order valence-corrected chi connectivity index (χ2v) is 3.52. The Balaban J connectivity index is 2.64. The Bertz CT molecular complexity index is 371. The maximum absolute atomic E-state index is 10.6. The highest BCUT2D eigenvalue weighted by Crippen LogP contribution is 2.05. The van der Waals surface area contributed by atoms with Gasteiger partial charge >= 0.3 is 5.97 Å². The monoisotopic (exact) mass is 220 g/mol. The Labute approximate surface area is 94.8 Å². The van der Waals surface area contributed by atoms with Gasteiger partial charge in [0.25, 0.3) is 0 Å². The molecular weight excluding hydrogens is 204 g/mol. The van der Waals surface area contributed by atoms with Crippen LogP contribution in [0.25, 0.3) is 0 Å². The normalized spacial score (nSPS) is 12.9. The van der Waals surface area contributed by atoms with Crippen molar-refractivity contribution >= 4 is 12.2 Å². The van der Waals surface area contributed by atoms with Crippen LogP contribution in [0.5, 0.6) is 0 Å². The van der Waals surface area contributed by atoms with E-state index in [1.807, 2.05) is 31.2 Å². The fourth-order valence-electron chi connectivity index (χ4n) is 1.28. The summed E-state index contributed by atoms with van der Waals surface area (Å²) in [5, 5.41) is 8.67. The number of aliphatic carboxylic acids is 1. The molecule has 0 heterocycles. The zero-order valence-electron chi connectivity index (χ0n) is 9.26. The molecule has 4 nitrogen and oxygen atoms in total. The number of aliphatic imine (C=N–C) groups is 1. The van der Waals surface area contributed by atoms with Gasteiger partial charge in [-0.25, -0.2) is 0 Å². The molecule has 0 aliphatic heterocycles. The highest BCUT2D eigenvalue weighted by Gasteiger charge is 2.11. The van der Waals surface area contributed by atoms with Gasteiger partial charge in [-0.1, -0.05) is 24.3 Å². The molecule has 0 aliphatic rings. The first-order valence-electron chi connectivity index (χ1n) is 5.20. The number of carbonyl (C=O) groups is 1. The number of rotatable bonds is 5. The molecule has 86 valence electrons. The average Bonchev–Trinajstić information content (AvgIpc) is 2.28. The lowest BCUT2D eigenvalue weighted by Gasteiger charge is -2.06. The summed E-state index contributed by atoms with van der Waals surface area (Å²) in [4.78, 5) is 14.7. The number of carboxylic acids is 1. The molecule has 1 atom stereocenters. The number of nitrogens with two attached hydrogens (primary N) is 1. The summed E-state index contributed by atoms with van der Waals surface area (Å²) in [6.45, 7) is 2.72. The summed E-state index contributed by atoms with van der Waals surface area (Å²) in [6, 6.07) is 6.72. The third-order valence-corrected chi connectivity index (χ3v) is 2.18. The summed E-state index contributed by atoms with van der Waals surface area (Å²) < 4.78 is 0. The average molecular weight is 220 g/mol. The van der Waals surface area contributed by atoms with Gasteiger partial charge < -0.3 is 10.8 Å². The van der Waals surface area contributed by atoms with Gasteiger partial charge in [0.15, 0.2) is 0 Å². The quantitative estimate of drug-likeness (QED) is 0.729. The highest BCUT2D eigenvalue weighted by molar-refractivity contribution is 5.79. The van der Waals surface area contributed by atoms with Crippen molar-refractivity contribution < 1.29 is 9.90 Å². The van der Waals surface area contributed by atoms with Crippen LogP contribution in [0.15, 0.2) is 29.3 Å². The van der Waals surface area contributed by atoms with Crippen molar-refractivity contribution in [3.63, 3.8) is 0 Å². The molecule has 1 unspecified atom stereocenters. The van der Waals surface area contributed by atoms with Crippen molar-refractivity contribution in [3.05, 3.63) is 35.4 Å². The summed E-state index contributed by atoms with van der Waals surface area (Å²) in [6.07, 6.45) is 2.14. The van der Waals surface area contributed by atoms with E-state index >= 15 is 0 Å². The van der Waals surface area contributed by atoms with Crippen molar-refractivity contribution in [2.45, 2.75) is 19.4 Å². The lowest BCUT2D eigenvalue weighted by Crippen LogP contribution is -2.32. The maximum atomic E-state index is 10.6. The van der Waals surface area contributed by atoms with Gasteiger partial charge in [-0.15, -0.1) is 0 Å². The van der Waals surface area contributed by atoms with Crippen LogP contribution in [0.4, 0.5) is 0 Å². The van der Waals surface area contributed by atoms with Crippen LogP contribution in [-0.4, -0.2) is 29.9 Å². The standard InChI is InChI=1S/C12H16N2O2/c1-2-14-8-10-5-3-9(4-6-10)7-11(13)12(15)16/h3-6,8,11H,2,7,13H2,1H3,(H,15,16). The Kier molecular flexibility index (Phi) is 4.66. The summed E-state index contributed by atoms with van der Waals surface area (Å²) >= 11 is 0. The van der Waals surface area contributed by atoms with Crippen molar-refractivity contribution in [2.24, 2.45) is 10.7 Å². The van der Waals surface area contributed by atoms with Crippen LogP contribution in [-0.2, 0) is 11.2 Å². The first-order valence-corrected chi connectivity index (χ1v) is 5.20. The SMILES string of the molecule is CCN=Cc1ccc(CC(N)C(=O)O)cc1. The van der Waals surface area contributed by atoms with Gasteiger partial charge in [-0.3, -0.25) is 9.79 Å². The molecule has 0 aromatic heterocycles. The van der Waals surface area contributed by atoms with Gasteiger partial charge in [0.1, 0.15) is 6.04 Å². The van der Waals surface area contributed by atoms with E-state index in [-0.39, 0.29) is 0 Å². The predicted molar refractivity (Wildman–Crippen MR) is 63.9 cm³/mol. The predicted octanol–water partition coefficient (Wildman–Crippen LogP) is 1.08. The van der Waals surface area contributed by atoms with Crippen molar-refractivity contribution in [3.8, 4) is 0 Å². The van der Waals surface area contributed by atoms with Gasteiger partial charge in [0, 0.05) is 12.8 Å². The van der Waals surface area contributed by atoms with E-state index < -0.39 is 12.0 Å². The van der Waals surface area contributed by atoms with E-state index in [4.69, 9.17) is 10.8 Å². The van der Waals surface area contributed by atoms with Crippen molar-refractivity contribution in [1.82, 2.24) is 0 Å². The molecule has 0 radical (unpaired) electrons. The highest BCUT2D eigenvalue weighted by atomic mass is 16.4. The fourth-order valence-corrected chi connectivity index (χ4v) is 1.28. The summed E-state index contributed by atoms with van der Waals surface area (Å²) in [5.74, 6) is -0.975. The molecule has 1 aromatic rings. The van der Waals surface area contributed by atoms with E-state index in [0.717, 1.165) is 17.7 Å². The lowest BCUT2D eigenvalue weighted by atomic mass is 10.1. The smallest absolute Gasteiger partial charge is 0.320 e. The van der Waals surface area contributed by atoms with Crippen LogP contribution in [0.1, 0.15) is 18.1 Å². The van der Waals surface area contributed by atoms with Crippen LogP contribution in [0, 0.1) is 0 Å². The first-order chi connectivity index (χ1) is 7.63. The minimum Gasteiger partial charge on any atom is -0.480 e. The Morgan fingerprint density at radius 3 is 2.62 bits per heavy atom. The lowest BCUT2D eigenvalue weighted by molar-refractivity contribution is -0.138. The molecule has 0 saturated carbocycles. The van der Waals surface area contributed by atoms with E-state index in [1.54, 1.807) is 6.21 Å². The molecular formula is C12H16N2O2. The second-order valence-electron chi connectivity index (χ2n) is 3.52. The van der Waals surface area contributed by atoms with E-state index in [1.165, 1.54) is 0 Å². The number of hydrogen-bond donors (Lipinski definition) is 2. The Hall–Kier alpha value is -1.68. The van der Waals surface area contributed by atoms with E-state index in [2.05, 4.69) is 4.99 Å². The topological polar surface area (TPSA) is 75.7 Å². The zero-order valence-corrected chi connectivity index (χ0v) is 9.26. The molecule has 1 rings (SSSR count). The molecule has 0 bridgehead atoms. The van der Waals surface area contributed by atoms with Crippen LogP contribution in [0.2, 0.25) is 0 Å². The Morgan fingerprint density at radius 2 is 2.12 bits per heavy atom. The molecule has 1 aromatic carbocycles. The number of benzene rings is 1. The number of carboxylic acid groups (broad SMARTS) is 1. The van der Waals surface area contributed by atoms with Gasteiger partial charge in [0.05, 0.1) is 0 Å².